The quantitative estimate of drug-likeness (QED) is 0.0713. The van der Waals surface area contributed by atoms with Crippen molar-refractivity contribution in [1.29, 1.82) is 0 Å². The van der Waals surface area contributed by atoms with Crippen molar-refractivity contribution in [3.05, 3.63) is 108 Å². The molecule has 1 aliphatic heterocycles. The summed E-state index contributed by atoms with van der Waals surface area (Å²) >= 11 is 0. The monoisotopic (exact) mass is 936 g/mol. The number of amides is 7. The highest BCUT2D eigenvalue weighted by molar-refractivity contribution is 5.99. The third kappa shape index (κ3) is 14.2. The molecule has 0 unspecified atom stereocenters. The van der Waals surface area contributed by atoms with Crippen molar-refractivity contribution in [3.63, 3.8) is 0 Å². The van der Waals surface area contributed by atoms with Crippen LogP contribution in [-0.2, 0) is 55.9 Å². The molecule has 19 heteroatoms. The Kier molecular flexibility index (Phi) is 18.4. The molecule has 2 heterocycles. The van der Waals surface area contributed by atoms with E-state index in [1.54, 1.807) is 107 Å². The van der Waals surface area contributed by atoms with Crippen LogP contribution in [0.25, 0.3) is 17.0 Å². The molecular formula is C49H60N8O11. The summed E-state index contributed by atoms with van der Waals surface area (Å²) in [5.74, 6) is -7.46. The van der Waals surface area contributed by atoms with E-state index in [0.29, 0.717) is 27.8 Å². The highest BCUT2D eigenvalue weighted by Gasteiger charge is 2.37. The number of benzene rings is 3. The Morgan fingerprint density at radius 1 is 0.618 bits per heavy atom. The Bertz CT molecular complexity index is 2450. The minimum atomic E-state index is -1.67. The number of fused-ring (bicyclic) bond motifs is 1. The van der Waals surface area contributed by atoms with E-state index in [4.69, 9.17) is 9.47 Å². The van der Waals surface area contributed by atoms with Gasteiger partial charge < -0.3 is 56.8 Å². The van der Waals surface area contributed by atoms with Gasteiger partial charge in [0.25, 0.3) is 0 Å². The van der Waals surface area contributed by atoms with Crippen molar-refractivity contribution in [2.75, 3.05) is 20.3 Å². The molecular weight excluding hydrogens is 877 g/mol. The summed E-state index contributed by atoms with van der Waals surface area (Å²) in [6.07, 6.45) is 4.03. The molecule has 362 valence electrons. The van der Waals surface area contributed by atoms with E-state index in [1.807, 2.05) is 6.07 Å². The Morgan fingerprint density at radius 2 is 1.15 bits per heavy atom. The van der Waals surface area contributed by atoms with Crippen LogP contribution in [0.1, 0.15) is 51.3 Å². The molecule has 1 fully saturated rings. The standard InChI is InChI=1S/C49H60N8O11/c1-27(2)41-48(65)53-36(22-31-12-8-7-9-13-31)45(62)57-42(28(3)4)49(66)55-39(26-68-40(59)21-18-30-16-19-33(67-6)20-17-30)47(64)52-37(23-32-24-50-35-15-11-10-14-34(32)35)44(61)54-38(25-58)46(63)51-29(5)43(60)56-41/h7-21,24,27-29,36-39,41-42,50,58H,22-23,25-26H2,1-6H3,(H,51,63)(H,52,64)(H,53,65)(H,54,61)(H,55,66)(H,56,60)(H,57,62)/b21-18+/t29-,36+,37-,38+,39-,41-,42-/m1/s1. The second kappa shape index (κ2) is 24.3. The molecule has 9 N–H and O–H groups in total. The van der Waals surface area contributed by atoms with E-state index in [0.717, 1.165) is 11.6 Å². The Balaban J connectivity index is 1.54. The minimum absolute atomic E-state index is 0.0253. The smallest absolute Gasteiger partial charge is 0.330 e. The maximum atomic E-state index is 14.4. The average Bonchev–Trinajstić information content (AvgIpc) is 3.73. The first-order valence-electron chi connectivity index (χ1n) is 22.3. The Morgan fingerprint density at radius 3 is 1.78 bits per heavy atom. The maximum absolute atomic E-state index is 14.4. The van der Waals surface area contributed by atoms with E-state index < -0.39 is 115 Å². The van der Waals surface area contributed by atoms with Crippen molar-refractivity contribution in [1.82, 2.24) is 42.2 Å². The van der Waals surface area contributed by atoms with E-state index in [9.17, 15) is 43.5 Å². The molecule has 19 nitrogen and oxygen atoms in total. The van der Waals surface area contributed by atoms with Crippen LogP contribution in [-0.4, -0.2) is 120 Å². The van der Waals surface area contributed by atoms with Gasteiger partial charge in [0, 0.05) is 36.0 Å². The van der Waals surface area contributed by atoms with Crippen molar-refractivity contribution < 1.29 is 52.9 Å². The average molecular weight is 937 g/mol. The normalized spacial score (nSPS) is 22.8. The van der Waals surface area contributed by atoms with Gasteiger partial charge in [0.2, 0.25) is 41.4 Å². The van der Waals surface area contributed by atoms with Gasteiger partial charge in [-0.25, -0.2) is 4.79 Å². The molecule has 1 saturated heterocycles. The lowest BCUT2D eigenvalue weighted by atomic mass is 9.99. The number of H-pyrrole nitrogens is 1. The van der Waals surface area contributed by atoms with Gasteiger partial charge in [-0.15, -0.1) is 0 Å². The zero-order valence-electron chi connectivity index (χ0n) is 38.8. The van der Waals surface area contributed by atoms with Gasteiger partial charge >= 0.3 is 5.97 Å². The number of carbonyl (C=O) groups is 8. The van der Waals surface area contributed by atoms with Gasteiger partial charge in [-0.3, -0.25) is 33.6 Å². The molecule has 68 heavy (non-hydrogen) atoms. The number of aromatic nitrogens is 1. The molecule has 0 saturated carbocycles. The SMILES string of the molecule is COc1ccc(/C=C/C(=O)OC[C@H]2NC(=O)[C@@H](C(C)C)NC(=O)[C@H](Cc3ccccc3)NC(=O)[C@@H](C(C)C)NC(=O)[C@@H](C)NC(=O)[C@H](CO)NC(=O)[C@@H](Cc3c[nH]c4ccccc34)NC2=O)cc1. The number of carbonyl (C=O) groups excluding carboxylic acids is 8. The van der Waals surface area contributed by atoms with E-state index in [-0.39, 0.29) is 12.8 Å². The predicted molar refractivity (Wildman–Crippen MR) is 251 cm³/mol. The summed E-state index contributed by atoms with van der Waals surface area (Å²) in [4.78, 5) is 115. The van der Waals surface area contributed by atoms with Crippen LogP contribution in [0, 0.1) is 11.8 Å². The summed E-state index contributed by atoms with van der Waals surface area (Å²) in [7, 11) is 1.52. The molecule has 1 aliphatic rings. The molecule has 0 radical (unpaired) electrons. The fourth-order valence-corrected chi connectivity index (χ4v) is 7.31. The number of esters is 1. The van der Waals surface area contributed by atoms with Crippen LogP contribution in [0.15, 0.2) is 91.1 Å². The highest BCUT2D eigenvalue weighted by Crippen LogP contribution is 2.20. The van der Waals surface area contributed by atoms with Crippen LogP contribution in [0.4, 0.5) is 0 Å². The maximum Gasteiger partial charge on any atom is 0.330 e. The van der Waals surface area contributed by atoms with Gasteiger partial charge in [-0.2, -0.15) is 0 Å². The first-order valence-corrected chi connectivity index (χ1v) is 22.3. The number of methoxy groups -OCH3 is 1. The van der Waals surface area contributed by atoms with Crippen molar-refractivity contribution >= 4 is 64.3 Å². The molecule has 7 amide bonds. The summed E-state index contributed by atoms with van der Waals surface area (Å²) < 4.78 is 10.7. The lowest BCUT2D eigenvalue weighted by Crippen LogP contribution is -2.61. The number of para-hydroxylation sites is 1. The predicted octanol–water partition coefficient (Wildman–Crippen LogP) is 0.950. The van der Waals surface area contributed by atoms with Crippen molar-refractivity contribution in [2.45, 2.75) is 89.8 Å². The third-order valence-electron chi connectivity index (χ3n) is 11.3. The number of nitrogens with one attached hydrogen (secondary N) is 8. The topological polar surface area (TPSA) is 275 Å². The first-order chi connectivity index (χ1) is 32.5. The summed E-state index contributed by atoms with van der Waals surface area (Å²) in [5.41, 5.74) is 2.59. The summed E-state index contributed by atoms with van der Waals surface area (Å²) in [6, 6.07) is 12.9. The summed E-state index contributed by atoms with van der Waals surface area (Å²) in [6.45, 7) is 6.32. The van der Waals surface area contributed by atoms with Gasteiger partial charge in [0.15, 0.2) is 0 Å². The van der Waals surface area contributed by atoms with E-state index in [2.05, 4.69) is 42.2 Å². The highest BCUT2D eigenvalue weighted by atomic mass is 16.5. The van der Waals surface area contributed by atoms with Crippen molar-refractivity contribution in [2.24, 2.45) is 11.8 Å². The lowest BCUT2D eigenvalue weighted by molar-refractivity contribution is -0.142. The molecule has 0 aliphatic carbocycles. The van der Waals surface area contributed by atoms with Gasteiger partial charge in [0.1, 0.15) is 54.6 Å². The van der Waals surface area contributed by atoms with Crippen LogP contribution in [0.3, 0.4) is 0 Å². The van der Waals surface area contributed by atoms with E-state index in [1.165, 1.54) is 20.1 Å². The Labute approximate surface area is 393 Å². The molecule has 3 aromatic carbocycles. The van der Waals surface area contributed by atoms with Crippen LogP contribution in [0.5, 0.6) is 5.75 Å². The third-order valence-corrected chi connectivity index (χ3v) is 11.3. The molecule has 0 bridgehead atoms. The molecule has 5 rings (SSSR count). The van der Waals surface area contributed by atoms with Gasteiger partial charge in [0.05, 0.1) is 13.7 Å². The number of hydrogen-bond donors (Lipinski definition) is 9. The molecule has 7 atom stereocenters. The number of aliphatic hydroxyl groups is 1. The fraction of sp³-hybridized carbons (Fsp3) is 0.388. The fourth-order valence-electron chi connectivity index (χ4n) is 7.31. The number of ether oxygens (including phenoxy) is 2. The molecule has 1 aromatic heterocycles. The largest absolute Gasteiger partial charge is 0.497 e. The van der Waals surface area contributed by atoms with Gasteiger partial charge in [-0.1, -0.05) is 88.4 Å². The number of aliphatic hydroxyl groups excluding tert-OH is 1. The second-order valence-electron chi connectivity index (χ2n) is 17.1. The molecule has 0 spiro atoms. The lowest BCUT2D eigenvalue weighted by Gasteiger charge is -2.29. The van der Waals surface area contributed by atoms with E-state index >= 15 is 0 Å². The zero-order valence-corrected chi connectivity index (χ0v) is 38.8. The number of aromatic amines is 1. The minimum Gasteiger partial charge on any atom is -0.497 e. The zero-order chi connectivity index (χ0) is 49.5. The van der Waals surface area contributed by atoms with Crippen molar-refractivity contribution in [3.8, 4) is 5.75 Å². The Hall–Kier alpha value is -7.54. The molecule has 4 aromatic rings. The second-order valence-corrected chi connectivity index (χ2v) is 17.1. The number of hydrogen-bond acceptors (Lipinski definition) is 11. The summed E-state index contributed by atoms with van der Waals surface area (Å²) in [5, 5.41) is 29.3. The van der Waals surface area contributed by atoms with Crippen LogP contribution >= 0.6 is 0 Å². The van der Waals surface area contributed by atoms with Gasteiger partial charge in [-0.05, 0) is 59.7 Å². The van der Waals surface area contributed by atoms with Crippen LogP contribution in [0.2, 0.25) is 0 Å². The first kappa shape index (κ1) is 51.4. The van der Waals surface area contributed by atoms with Crippen LogP contribution < -0.4 is 42.0 Å². The number of rotatable bonds is 12.